The molecule has 1 heterocycles. The van der Waals surface area contributed by atoms with Crippen LogP contribution in [0.3, 0.4) is 0 Å². The zero-order valence-corrected chi connectivity index (χ0v) is 19.1. The minimum Gasteiger partial charge on any atom is -0.486 e. The van der Waals surface area contributed by atoms with Crippen LogP contribution in [0.5, 0.6) is 5.75 Å². The molecule has 0 saturated heterocycles. The van der Waals surface area contributed by atoms with E-state index in [0.717, 1.165) is 37.7 Å². The number of benzene rings is 1. The number of carbonyl (C=O) groups excluding carboxylic acids is 2. The number of carbonyl (C=O) groups is 2. The Balaban J connectivity index is 1.73. The van der Waals surface area contributed by atoms with E-state index in [1.807, 2.05) is 31.2 Å². The van der Waals surface area contributed by atoms with Crippen molar-refractivity contribution in [2.75, 3.05) is 26.4 Å². The average Bonchev–Trinajstić information content (AvgIpc) is 3.23. The average molecular weight is 459 g/mol. The Kier molecular flexibility index (Phi) is 7.67. The number of fused-ring (bicyclic) bond motifs is 3. The lowest BCUT2D eigenvalue weighted by Gasteiger charge is -2.45. The fourth-order valence-corrected chi connectivity index (χ4v) is 5.40. The summed E-state index contributed by atoms with van der Waals surface area (Å²) in [4.78, 5) is 28.2. The molecule has 0 spiro atoms. The molecule has 1 aromatic carbocycles. The van der Waals surface area contributed by atoms with Crippen LogP contribution in [-0.2, 0) is 14.3 Å². The van der Waals surface area contributed by atoms with Crippen LogP contribution in [0.4, 0.5) is 0 Å². The lowest BCUT2D eigenvalue weighted by atomic mass is 9.77. The summed E-state index contributed by atoms with van der Waals surface area (Å²) in [6.45, 7) is 2.15. The van der Waals surface area contributed by atoms with Gasteiger partial charge >= 0.3 is 0 Å². The Bertz CT molecular complexity index is 881. The highest BCUT2D eigenvalue weighted by atomic mass is 16.5. The van der Waals surface area contributed by atoms with E-state index < -0.39 is 24.2 Å². The fourth-order valence-electron chi connectivity index (χ4n) is 5.40. The maximum Gasteiger partial charge on any atom is 0.249 e. The first-order valence-electron chi connectivity index (χ1n) is 12.0. The van der Waals surface area contributed by atoms with Crippen molar-refractivity contribution in [3.05, 3.63) is 41.5 Å². The molecule has 2 amide bonds. The molecule has 33 heavy (non-hydrogen) atoms. The second-order valence-corrected chi connectivity index (χ2v) is 8.91. The summed E-state index contributed by atoms with van der Waals surface area (Å²) in [7, 11) is 0. The van der Waals surface area contributed by atoms with Gasteiger partial charge in [0.05, 0.1) is 18.6 Å². The largest absolute Gasteiger partial charge is 0.486 e. The molecule has 0 aromatic heterocycles. The highest BCUT2D eigenvalue weighted by molar-refractivity contribution is 5.96. The van der Waals surface area contributed by atoms with E-state index in [1.54, 1.807) is 11.0 Å². The van der Waals surface area contributed by atoms with Gasteiger partial charge in [0, 0.05) is 30.3 Å². The van der Waals surface area contributed by atoms with Crippen LogP contribution in [0.2, 0.25) is 0 Å². The van der Waals surface area contributed by atoms with Gasteiger partial charge in [-0.3, -0.25) is 9.59 Å². The van der Waals surface area contributed by atoms with E-state index in [1.165, 1.54) is 0 Å². The van der Waals surface area contributed by atoms with Gasteiger partial charge in [0.2, 0.25) is 11.8 Å². The van der Waals surface area contributed by atoms with Crippen molar-refractivity contribution in [1.29, 1.82) is 0 Å². The van der Waals surface area contributed by atoms with E-state index in [2.05, 4.69) is 5.32 Å². The predicted molar refractivity (Wildman–Crippen MR) is 122 cm³/mol. The summed E-state index contributed by atoms with van der Waals surface area (Å²) in [5.74, 6) is -0.315. The molecule has 2 aliphatic carbocycles. The number of aliphatic hydroxyl groups is 2. The van der Waals surface area contributed by atoms with Crippen molar-refractivity contribution in [1.82, 2.24) is 10.2 Å². The van der Waals surface area contributed by atoms with Gasteiger partial charge < -0.3 is 29.9 Å². The van der Waals surface area contributed by atoms with Crippen molar-refractivity contribution in [3.8, 4) is 5.75 Å². The molecule has 3 N–H and O–H groups in total. The molecule has 1 saturated carbocycles. The molecule has 8 heteroatoms. The zero-order valence-electron chi connectivity index (χ0n) is 19.1. The Morgan fingerprint density at radius 3 is 2.70 bits per heavy atom. The third kappa shape index (κ3) is 4.78. The molecule has 180 valence electrons. The molecule has 4 rings (SSSR count). The minimum atomic E-state index is -0.996. The van der Waals surface area contributed by atoms with Crippen LogP contribution in [0.15, 0.2) is 35.9 Å². The molecule has 0 radical (unpaired) electrons. The molecule has 3 aliphatic rings. The van der Waals surface area contributed by atoms with Gasteiger partial charge in [-0.15, -0.1) is 0 Å². The number of nitrogens with zero attached hydrogens (tertiary/aromatic N) is 1. The smallest absolute Gasteiger partial charge is 0.249 e. The molecule has 0 unspecified atom stereocenters. The van der Waals surface area contributed by atoms with Crippen LogP contribution in [0.25, 0.3) is 0 Å². The molecular formula is C25H34N2O6. The topological polar surface area (TPSA) is 108 Å². The first kappa shape index (κ1) is 23.7. The third-order valence-electron chi connectivity index (χ3n) is 6.88. The standard InChI is InChI=1S/C25H34N2O6/c1-2-32-15-21(29)27(16-8-4-3-5-9-16)19-14-18(25(31)26-12-13-28)22-17-10-6-7-11-20(17)33-24(22)23(19)30/h6-7,10-11,14,16,19,22-24,28,30H,2-5,8-9,12-13,15H2,1H3,(H,26,31)/t19-,22+,23+,24+/m1/s1. The fraction of sp³-hybridized carbons (Fsp3) is 0.600. The molecule has 1 fully saturated rings. The monoisotopic (exact) mass is 458 g/mol. The number of aliphatic hydroxyl groups excluding tert-OH is 2. The Labute approximate surface area is 194 Å². The SMILES string of the molecule is CCOCC(=O)N(C1CCCCC1)[C@@H]1C=C(C(=O)NCCO)[C@@H]2c3ccccc3O[C@@H]2[C@H]1O. The number of para-hydroxylation sites is 1. The van der Waals surface area contributed by atoms with Crippen molar-refractivity contribution < 1.29 is 29.3 Å². The number of hydrogen-bond donors (Lipinski definition) is 3. The van der Waals surface area contributed by atoms with Crippen molar-refractivity contribution >= 4 is 11.8 Å². The Morgan fingerprint density at radius 1 is 1.21 bits per heavy atom. The zero-order chi connectivity index (χ0) is 23.4. The van der Waals surface area contributed by atoms with Crippen LogP contribution in [0.1, 0.15) is 50.5 Å². The van der Waals surface area contributed by atoms with Crippen molar-refractivity contribution in [2.45, 2.75) is 69.2 Å². The lowest BCUT2D eigenvalue weighted by Crippen LogP contribution is -2.59. The highest BCUT2D eigenvalue weighted by Crippen LogP contribution is 2.47. The number of ether oxygens (including phenoxy) is 2. The molecular weight excluding hydrogens is 424 g/mol. The Morgan fingerprint density at radius 2 is 1.97 bits per heavy atom. The molecule has 4 atom stereocenters. The summed E-state index contributed by atoms with van der Waals surface area (Å²) < 4.78 is 11.6. The maximum atomic E-state index is 13.3. The first-order valence-corrected chi connectivity index (χ1v) is 12.0. The Hall–Kier alpha value is -2.42. The first-order chi connectivity index (χ1) is 16.1. The summed E-state index contributed by atoms with van der Waals surface area (Å²) in [5, 5.41) is 23.4. The van der Waals surface area contributed by atoms with Crippen molar-refractivity contribution in [2.24, 2.45) is 0 Å². The summed E-state index contributed by atoms with van der Waals surface area (Å²) in [5.41, 5.74) is 1.30. The normalized spacial score (nSPS) is 26.6. The van der Waals surface area contributed by atoms with Crippen LogP contribution < -0.4 is 10.1 Å². The summed E-state index contributed by atoms with van der Waals surface area (Å²) in [6, 6.07) is 6.75. The number of hydrogen-bond acceptors (Lipinski definition) is 6. The van der Waals surface area contributed by atoms with E-state index in [4.69, 9.17) is 9.47 Å². The second kappa shape index (κ2) is 10.7. The summed E-state index contributed by atoms with van der Waals surface area (Å²) >= 11 is 0. The van der Waals surface area contributed by atoms with Crippen LogP contribution >= 0.6 is 0 Å². The molecule has 8 nitrogen and oxygen atoms in total. The molecule has 1 aliphatic heterocycles. The number of amides is 2. The van der Waals surface area contributed by atoms with Gasteiger partial charge in [-0.2, -0.15) is 0 Å². The predicted octanol–water partition coefficient (Wildman–Crippen LogP) is 1.51. The van der Waals surface area contributed by atoms with Crippen LogP contribution in [-0.4, -0.2) is 77.6 Å². The van der Waals surface area contributed by atoms with E-state index >= 15 is 0 Å². The molecule has 0 bridgehead atoms. The second-order valence-electron chi connectivity index (χ2n) is 8.91. The van der Waals surface area contributed by atoms with Gasteiger partial charge in [-0.05, 0) is 31.9 Å². The van der Waals surface area contributed by atoms with Gasteiger partial charge in [-0.25, -0.2) is 0 Å². The lowest BCUT2D eigenvalue weighted by molar-refractivity contribution is -0.146. The van der Waals surface area contributed by atoms with E-state index in [0.29, 0.717) is 17.9 Å². The summed E-state index contributed by atoms with van der Waals surface area (Å²) in [6.07, 6.45) is 4.95. The van der Waals surface area contributed by atoms with Gasteiger partial charge in [0.1, 0.15) is 24.6 Å². The third-order valence-corrected chi connectivity index (χ3v) is 6.88. The molecule has 1 aromatic rings. The number of rotatable bonds is 8. The van der Waals surface area contributed by atoms with Gasteiger partial charge in [-0.1, -0.05) is 37.5 Å². The van der Waals surface area contributed by atoms with Gasteiger partial charge in [0.15, 0.2) is 0 Å². The number of nitrogens with one attached hydrogen (secondary N) is 1. The highest BCUT2D eigenvalue weighted by Gasteiger charge is 2.51. The maximum absolute atomic E-state index is 13.3. The van der Waals surface area contributed by atoms with Gasteiger partial charge in [0.25, 0.3) is 0 Å². The minimum absolute atomic E-state index is 0.0234. The van der Waals surface area contributed by atoms with Crippen LogP contribution in [0, 0.1) is 0 Å². The van der Waals surface area contributed by atoms with Crippen molar-refractivity contribution in [3.63, 3.8) is 0 Å². The van der Waals surface area contributed by atoms with E-state index in [9.17, 15) is 19.8 Å². The quantitative estimate of drug-likeness (QED) is 0.545. The van der Waals surface area contributed by atoms with E-state index in [-0.39, 0.29) is 37.6 Å².